The van der Waals surface area contributed by atoms with Crippen LogP contribution in [-0.4, -0.2) is 34.6 Å². The SMILES string of the molecule is C[C@H](O)CNC(=O)C(=O)Nc1nccs1. The van der Waals surface area contributed by atoms with Gasteiger partial charge in [-0.1, -0.05) is 0 Å². The van der Waals surface area contributed by atoms with E-state index in [2.05, 4.69) is 15.6 Å². The van der Waals surface area contributed by atoms with E-state index < -0.39 is 17.9 Å². The molecule has 1 atom stereocenters. The maximum absolute atomic E-state index is 11.2. The van der Waals surface area contributed by atoms with E-state index in [0.717, 1.165) is 0 Å². The molecule has 3 N–H and O–H groups in total. The van der Waals surface area contributed by atoms with Crippen LogP contribution in [0.3, 0.4) is 0 Å². The zero-order valence-corrected chi connectivity index (χ0v) is 8.87. The van der Waals surface area contributed by atoms with Gasteiger partial charge in [0.05, 0.1) is 6.10 Å². The molecule has 0 aliphatic rings. The van der Waals surface area contributed by atoms with Crippen LogP contribution in [0.4, 0.5) is 5.13 Å². The van der Waals surface area contributed by atoms with Gasteiger partial charge in [-0.25, -0.2) is 4.98 Å². The topological polar surface area (TPSA) is 91.3 Å². The third-order valence-electron chi connectivity index (χ3n) is 1.42. The molecule has 1 rings (SSSR count). The summed E-state index contributed by atoms with van der Waals surface area (Å²) in [6, 6.07) is 0. The number of thiazole rings is 1. The van der Waals surface area contributed by atoms with Gasteiger partial charge in [-0.3, -0.25) is 14.9 Å². The Hall–Kier alpha value is -1.47. The molecular weight excluding hydrogens is 218 g/mol. The van der Waals surface area contributed by atoms with Gasteiger partial charge in [0.1, 0.15) is 0 Å². The van der Waals surface area contributed by atoms with Gasteiger partial charge in [-0.2, -0.15) is 0 Å². The van der Waals surface area contributed by atoms with E-state index in [1.54, 1.807) is 5.38 Å². The molecule has 1 aromatic heterocycles. The summed E-state index contributed by atoms with van der Waals surface area (Å²) in [6.07, 6.45) is 0.843. The summed E-state index contributed by atoms with van der Waals surface area (Å²) in [5, 5.41) is 15.5. The molecule has 0 radical (unpaired) electrons. The van der Waals surface area contributed by atoms with Crippen molar-refractivity contribution in [2.24, 2.45) is 0 Å². The molecule has 0 saturated heterocycles. The number of hydrogen-bond acceptors (Lipinski definition) is 5. The molecule has 6 nitrogen and oxygen atoms in total. The van der Waals surface area contributed by atoms with Crippen molar-refractivity contribution in [3.05, 3.63) is 11.6 Å². The van der Waals surface area contributed by atoms with E-state index in [1.165, 1.54) is 24.5 Å². The first-order chi connectivity index (χ1) is 7.09. The fourth-order valence-corrected chi connectivity index (χ4v) is 1.28. The van der Waals surface area contributed by atoms with Gasteiger partial charge >= 0.3 is 11.8 Å². The van der Waals surface area contributed by atoms with E-state index in [0.29, 0.717) is 5.13 Å². The molecule has 0 aromatic carbocycles. The second-order valence-electron chi connectivity index (χ2n) is 2.85. The molecule has 0 spiro atoms. The molecule has 82 valence electrons. The highest BCUT2D eigenvalue weighted by atomic mass is 32.1. The maximum atomic E-state index is 11.2. The zero-order chi connectivity index (χ0) is 11.3. The highest BCUT2D eigenvalue weighted by molar-refractivity contribution is 7.13. The lowest BCUT2D eigenvalue weighted by Gasteiger charge is -2.05. The highest BCUT2D eigenvalue weighted by Gasteiger charge is 2.14. The monoisotopic (exact) mass is 229 g/mol. The molecule has 0 fully saturated rings. The minimum Gasteiger partial charge on any atom is -0.392 e. The van der Waals surface area contributed by atoms with E-state index in [1.807, 2.05) is 0 Å². The van der Waals surface area contributed by atoms with Crippen LogP contribution in [0.25, 0.3) is 0 Å². The van der Waals surface area contributed by atoms with Crippen LogP contribution >= 0.6 is 11.3 Å². The molecule has 1 heterocycles. The Balaban J connectivity index is 2.37. The Morgan fingerprint density at radius 3 is 2.87 bits per heavy atom. The Morgan fingerprint density at radius 2 is 2.33 bits per heavy atom. The Bertz CT molecular complexity index is 337. The van der Waals surface area contributed by atoms with Crippen LogP contribution in [0.2, 0.25) is 0 Å². The van der Waals surface area contributed by atoms with Crippen LogP contribution in [0, 0.1) is 0 Å². The van der Waals surface area contributed by atoms with Crippen molar-refractivity contribution < 1.29 is 14.7 Å². The molecule has 2 amide bonds. The van der Waals surface area contributed by atoms with E-state index in [4.69, 9.17) is 5.11 Å². The van der Waals surface area contributed by atoms with Crippen molar-refractivity contribution in [3.63, 3.8) is 0 Å². The van der Waals surface area contributed by atoms with Crippen molar-refractivity contribution in [2.75, 3.05) is 11.9 Å². The minimum atomic E-state index is -0.786. The van der Waals surface area contributed by atoms with Crippen LogP contribution in [0.15, 0.2) is 11.6 Å². The average Bonchev–Trinajstić information content (AvgIpc) is 2.66. The number of aromatic nitrogens is 1. The Morgan fingerprint density at radius 1 is 1.60 bits per heavy atom. The molecule has 0 unspecified atom stereocenters. The first kappa shape index (κ1) is 11.6. The summed E-state index contributed by atoms with van der Waals surface area (Å²) >= 11 is 1.22. The Labute approximate surface area is 90.3 Å². The second-order valence-corrected chi connectivity index (χ2v) is 3.74. The molecule has 0 aliphatic heterocycles. The number of carbonyl (C=O) groups is 2. The summed E-state index contributed by atoms with van der Waals surface area (Å²) in [4.78, 5) is 26.1. The first-order valence-corrected chi connectivity index (χ1v) is 5.14. The number of nitrogens with one attached hydrogen (secondary N) is 2. The largest absolute Gasteiger partial charge is 0.392 e. The highest BCUT2D eigenvalue weighted by Crippen LogP contribution is 2.09. The molecule has 0 bridgehead atoms. The third-order valence-corrected chi connectivity index (χ3v) is 2.11. The molecule has 0 aliphatic carbocycles. The predicted molar refractivity (Wildman–Crippen MR) is 55.4 cm³/mol. The van der Waals surface area contributed by atoms with E-state index in [9.17, 15) is 9.59 Å². The van der Waals surface area contributed by atoms with Crippen molar-refractivity contribution in [2.45, 2.75) is 13.0 Å². The summed E-state index contributed by atoms with van der Waals surface area (Å²) in [6.45, 7) is 1.56. The van der Waals surface area contributed by atoms with E-state index in [-0.39, 0.29) is 6.54 Å². The summed E-state index contributed by atoms with van der Waals surface area (Å²) in [5.74, 6) is -1.57. The molecule has 7 heteroatoms. The quantitative estimate of drug-likeness (QED) is 0.614. The molecule has 1 aromatic rings. The average molecular weight is 229 g/mol. The fraction of sp³-hybridized carbons (Fsp3) is 0.375. The summed E-state index contributed by atoms with van der Waals surface area (Å²) < 4.78 is 0. The number of nitrogens with zero attached hydrogens (tertiary/aromatic N) is 1. The fourth-order valence-electron chi connectivity index (χ4n) is 0.760. The van der Waals surface area contributed by atoms with Gasteiger partial charge < -0.3 is 10.4 Å². The number of carbonyl (C=O) groups excluding carboxylic acids is 2. The zero-order valence-electron chi connectivity index (χ0n) is 8.06. The lowest BCUT2D eigenvalue weighted by molar-refractivity contribution is -0.136. The van der Waals surface area contributed by atoms with Crippen molar-refractivity contribution in [1.82, 2.24) is 10.3 Å². The van der Waals surface area contributed by atoms with Gasteiger partial charge in [-0.05, 0) is 6.92 Å². The number of aliphatic hydroxyl groups excluding tert-OH is 1. The molecular formula is C8H11N3O3S. The van der Waals surface area contributed by atoms with Gasteiger partial charge in [0.2, 0.25) is 0 Å². The predicted octanol–water partition coefficient (Wildman–Crippen LogP) is -0.421. The van der Waals surface area contributed by atoms with Gasteiger partial charge in [0.15, 0.2) is 5.13 Å². The first-order valence-electron chi connectivity index (χ1n) is 4.26. The maximum Gasteiger partial charge on any atom is 0.315 e. The van der Waals surface area contributed by atoms with Crippen molar-refractivity contribution in [1.29, 1.82) is 0 Å². The van der Waals surface area contributed by atoms with Crippen LogP contribution in [-0.2, 0) is 9.59 Å². The van der Waals surface area contributed by atoms with E-state index >= 15 is 0 Å². The third kappa shape index (κ3) is 4.05. The Kier molecular flexibility index (Phi) is 4.19. The number of rotatable bonds is 3. The van der Waals surface area contributed by atoms with Crippen LogP contribution in [0.5, 0.6) is 0 Å². The summed E-state index contributed by atoms with van der Waals surface area (Å²) in [7, 11) is 0. The number of aliphatic hydroxyl groups is 1. The lowest BCUT2D eigenvalue weighted by atomic mass is 10.4. The lowest BCUT2D eigenvalue weighted by Crippen LogP contribution is -2.38. The second kappa shape index (κ2) is 5.42. The smallest absolute Gasteiger partial charge is 0.315 e. The summed E-state index contributed by atoms with van der Waals surface area (Å²) in [5.41, 5.74) is 0. The van der Waals surface area contributed by atoms with Crippen molar-refractivity contribution >= 4 is 28.3 Å². The number of hydrogen-bond donors (Lipinski definition) is 3. The number of anilines is 1. The van der Waals surface area contributed by atoms with Crippen molar-refractivity contribution in [3.8, 4) is 0 Å². The van der Waals surface area contributed by atoms with Crippen LogP contribution < -0.4 is 10.6 Å². The van der Waals surface area contributed by atoms with Gasteiger partial charge in [-0.15, -0.1) is 11.3 Å². The van der Waals surface area contributed by atoms with Gasteiger partial charge in [0, 0.05) is 18.1 Å². The standard InChI is InChI=1S/C8H11N3O3S/c1-5(12)4-10-6(13)7(14)11-8-9-2-3-15-8/h2-3,5,12H,4H2,1H3,(H,10,13)(H,9,11,14)/t5-/m0/s1. The normalized spacial score (nSPS) is 11.9. The van der Waals surface area contributed by atoms with Gasteiger partial charge in [0.25, 0.3) is 0 Å². The number of amides is 2. The van der Waals surface area contributed by atoms with Crippen LogP contribution in [0.1, 0.15) is 6.92 Å². The molecule has 15 heavy (non-hydrogen) atoms. The molecule has 0 saturated carbocycles. The minimum absolute atomic E-state index is 0.0458.